The number of rotatable bonds is 26. The second kappa shape index (κ2) is 27.9. The van der Waals surface area contributed by atoms with E-state index in [4.69, 9.17) is 38.2 Å². The van der Waals surface area contributed by atoms with Gasteiger partial charge in [0.1, 0.15) is 23.8 Å². The van der Waals surface area contributed by atoms with Gasteiger partial charge in [-0.25, -0.2) is 9.59 Å². The molecule has 10 amide bonds. The molecular formula is C60H66Cl2N9O13P. The molecule has 0 radical (unpaired) electrons. The standard InChI is InChI=1S/C60H66Cl2N9O13P/c61-31-37-33-70(49(72)16-8-17-50(73)71-34-38(32-62)54-43-14-5-3-12-41(43)48(30-47(54)71)84-85(81)82)46-29-45(40-11-2-4-13-42(40)53(37)46)68-59(80)83-35-36-18-20-39(21-19-36)66-55(76)44(15-9-27-65-58(63)79)67-57(78)60(24-10-25-60)56(77)64-26-6-1-7-28-69-51(74)22-23-52(69)75/h2-5,11-14,18-23,29-30,37-38,44,81-82H,1,6-10,15-17,24-28,31-35H2,(H,64,77)(H,66,76)(H,67,78)(H,68,80)(H3,63,65,79)/t37-,38-,44+/m1/s1. The zero-order chi connectivity index (χ0) is 60.4. The van der Waals surface area contributed by atoms with Crippen molar-refractivity contribution in [3.8, 4) is 5.75 Å². The van der Waals surface area contributed by atoms with Crippen molar-refractivity contribution in [1.82, 2.24) is 20.9 Å². The van der Waals surface area contributed by atoms with Gasteiger partial charge in [-0.15, -0.1) is 23.2 Å². The Labute approximate surface area is 501 Å². The van der Waals surface area contributed by atoms with Crippen LogP contribution in [0.4, 0.5) is 32.3 Å². The van der Waals surface area contributed by atoms with E-state index in [1.807, 2.05) is 42.5 Å². The number of hydrogen-bond donors (Lipinski definition) is 8. The highest BCUT2D eigenvalue weighted by Gasteiger charge is 2.51. The Hall–Kier alpha value is -7.88. The SMILES string of the molecule is NC(=O)NCCC[C@H](NC(=O)C1(C(=O)NCCCCCN2C(=O)C=CC2=O)CCC1)C(=O)Nc1ccc(COC(=O)Nc2cc3c(c4ccccc24)[C@H](CCl)CN3C(=O)CCCC(=O)N2C[C@@H](CCl)c3c2cc(OP(O)O)c2ccccc32)cc1. The van der Waals surface area contributed by atoms with Gasteiger partial charge in [0.15, 0.2) is 0 Å². The number of nitrogens with two attached hydrogens (primary N) is 1. The van der Waals surface area contributed by atoms with Gasteiger partial charge in [-0.3, -0.25) is 43.8 Å². The summed E-state index contributed by atoms with van der Waals surface area (Å²) in [5.74, 6) is -2.53. The van der Waals surface area contributed by atoms with Crippen molar-refractivity contribution in [3.63, 3.8) is 0 Å². The van der Waals surface area contributed by atoms with Crippen molar-refractivity contribution in [2.24, 2.45) is 11.1 Å². The summed E-state index contributed by atoms with van der Waals surface area (Å²) >= 11 is 13.0. The van der Waals surface area contributed by atoms with Gasteiger partial charge in [-0.05, 0) is 97.0 Å². The molecule has 0 bridgehead atoms. The summed E-state index contributed by atoms with van der Waals surface area (Å²) in [5.41, 5.74) is 8.04. The van der Waals surface area contributed by atoms with Crippen LogP contribution in [0.3, 0.4) is 0 Å². The number of carbonyl (C=O) groups excluding carboxylic acids is 9. The second-order valence-electron chi connectivity index (χ2n) is 21.4. The number of benzene rings is 5. The summed E-state index contributed by atoms with van der Waals surface area (Å²) in [6.45, 7) is 1.10. The summed E-state index contributed by atoms with van der Waals surface area (Å²) in [5, 5.41) is 16.7. The lowest BCUT2D eigenvalue weighted by atomic mass is 9.67. The van der Waals surface area contributed by atoms with Crippen LogP contribution < -0.4 is 46.6 Å². The highest BCUT2D eigenvalue weighted by molar-refractivity contribution is 7.39. The van der Waals surface area contributed by atoms with E-state index < -0.39 is 49.9 Å². The molecule has 0 saturated heterocycles. The number of urea groups is 1. The zero-order valence-electron chi connectivity index (χ0n) is 46.4. The number of halogens is 2. The van der Waals surface area contributed by atoms with Gasteiger partial charge in [0, 0.05) is 110 Å². The molecule has 9 N–H and O–H groups in total. The second-order valence-corrected chi connectivity index (χ2v) is 22.7. The molecule has 0 spiro atoms. The number of unbranched alkanes of at least 4 members (excludes halogenated alkanes) is 2. The van der Waals surface area contributed by atoms with Crippen LogP contribution in [-0.4, -0.2) is 119 Å². The summed E-state index contributed by atoms with van der Waals surface area (Å²) in [6, 6.07) is 22.8. The third kappa shape index (κ3) is 14.1. The van der Waals surface area contributed by atoms with Crippen LogP contribution in [0.5, 0.6) is 5.75 Å². The molecule has 0 aromatic heterocycles. The number of amides is 10. The molecule has 1 aliphatic carbocycles. The lowest BCUT2D eigenvalue weighted by molar-refractivity contribution is -0.151. The van der Waals surface area contributed by atoms with Gasteiger partial charge in [0.25, 0.3) is 11.8 Å². The molecule has 85 heavy (non-hydrogen) atoms. The maximum atomic E-state index is 14.2. The predicted molar refractivity (Wildman–Crippen MR) is 322 cm³/mol. The molecule has 3 heterocycles. The number of alkyl halides is 2. The van der Waals surface area contributed by atoms with Crippen molar-refractivity contribution in [1.29, 1.82) is 0 Å². The van der Waals surface area contributed by atoms with E-state index in [9.17, 15) is 52.9 Å². The normalized spacial score (nSPS) is 16.9. The maximum Gasteiger partial charge on any atom is 0.411 e. The van der Waals surface area contributed by atoms with E-state index in [1.165, 1.54) is 12.2 Å². The molecular weight excluding hydrogens is 1160 g/mol. The number of hydrogen-bond acceptors (Lipinski definition) is 13. The van der Waals surface area contributed by atoms with E-state index in [1.54, 1.807) is 52.3 Å². The van der Waals surface area contributed by atoms with E-state index in [-0.39, 0.29) is 131 Å². The van der Waals surface area contributed by atoms with E-state index >= 15 is 0 Å². The van der Waals surface area contributed by atoms with Crippen LogP contribution in [0.1, 0.15) is 99.2 Å². The fraction of sp³-hybridized carbons (Fsp3) is 0.383. The van der Waals surface area contributed by atoms with E-state index in [2.05, 4.69) is 26.6 Å². The van der Waals surface area contributed by atoms with Crippen molar-refractivity contribution in [2.45, 2.75) is 95.1 Å². The van der Waals surface area contributed by atoms with Crippen molar-refractivity contribution >= 4 is 130 Å². The molecule has 25 heteroatoms. The highest BCUT2D eigenvalue weighted by Crippen LogP contribution is 2.49. The first-order valence-electron chi connectivity index (χ1n) is 28.2. The number of carbonyl (C=O) groups is 9. The Morgan fingerprint density at radius 3 is 1.87 bits per heavy atom. The van der Waals surface area contributed by atoms with Gasteiger partial charge in [-0.2, -0.15) is 0 Å². The Morgan fingerprint density at radius 2 is 1.28 bits per heavy atom. The first-order valence-corrected chi connectivity index (χ1v) is 30.4. The molecule has 5 aromatic carbocycles. The van der Waals surface area contributed by atoms with Gasteiger partial charge in [-0.1, -0.05) is 67.1 Å². The van der Waals surface area contributed by atoms with Crippen molar-refractivity contribution in [3.05, 3.63) is 114 Å². The Kier molecular flexibility index (Phi) is 20.2. The average Bonchev–Trinajstić information content (AvgIpc) is 2.60. The molecule has 9 rings (SSSR count). The van der Waals surface area contributed by atoms with Crippen LogP contribution in [-0.2, 0) is 44.9 Å². The number of ether oxygens (including phenoxy) is 1. The summed E-state index contributed by atoms with van der Waals surface area (Å²) in [6.07, 6.45) is 5.27. The van der Waals surface area contributed by atoms with Crippen LogP contribution in [0.2, 0.25) is 0 Å². The zero-order valence-corrected chi connectivity index (χ0v) is 48.8. The van der Waals surface area contributed by atoms with Gasteiger partial charge in [0.2, 0.25) is 29.5 Å². The molecule has 448 valence electrons. The summed E-state index contributed by atoms with van der Waals surface area (Å²) in [7, 11) is -2.74. The lowest BCUT2D eigenvalue weighted by Crippen LogP contribution is -2.58. The first-order chi connectivity index (χ1) is 41.0. The molecule has 1 fully saturated rings. The first kappa shape index (κ1) is 61.7. The molecule has 3 aliphatic heterocycles. The van der Waals surface area contributed by atoms with Crippen LogP contribution >= 0.6 is 31.8 Å². The Balaban J connectivity index is 0.792. The summed E-state index contributed by atoms with van der Waals surface area (Å²) < 4.78 is 11.1. The third-order valence-electron chi connectivity index (χ3n) is 16.0. The minimum absolute atomic E-state index is 0.0266. The van der Waals surface area contributed by atoms with Crippen molar-refractivity contribution in [2.75, 3.05) is 64.9 Å². The number of imide groups is 1. The average molecular weight is 1220 g/mol. The fourth-order valence-electron chi connectivity index (χ4n) is 11.5. The number of primary amides is 1. The number of nitrogens with zero attached hydrogens (tertiary/aromatic N) is 3. The van der Waals surface area contributed by atoms with E-state index in [0.717, 1.165) is 26.8 Å². The minimum atomic E-state index is -2.74. The fourth-order valence-corrected chi connectivity index (χ4v) is 12.3. The Morgan fingerprint density at radius 1 is 0.694 bits per heavy atom. The minimum Gasteiger partial charge on any atom is -0.444 e. The van der Waals surface area contributed by atoms with E-state index in [0.29, 0.717) is 71.3 Å². The smallest absolute Gasteiger partial charge is 0.411 e. The molecule has 1 saturated carbocycles. The third-order valence-corrected chi connectivity index (χ3v) is 17.1. The molecule has 22 nitrogen and oxygen atoms in total. The molecule has 0 unspecified atom stereocenters. The quantitative estimate of drug-likeness (QED) is 0.00863. The largest absolute Gasteiger partial charge is 0.444 e. The molecule has 5 aromatic rings. The number of fused-ring (bicyclic) bond motifs is 6. The van der Waals surface area contributed by atoms with Gasteiger partial charge < -0.3 is 55.8 Å². The van der Waals surface area contributed by atoms with Gasteiger partial charge in [0.05, 0.1) is 11.4 Å². The monoisotopic (exact) mass is 1220 g/mol. The van der Waals surface area contributed by atoms with Crippen LogP contribution in [0.15, 0.2) is 97.1 Å². The summed E-state index contributed by atoms with van der Waals surface area (Å²) in [4.78, 5) is 142. The van der Waals surface area contributed by atoms with Crippen LogP contribution in [0, 0.1) is 5.41 Å². The Bertz CT molecular complexity index is 3420. The number of nitrogens with one attached hydrogen (secondary N) is 5. The van der Waals surface area contributed by atoms with Crippen molar-refractivity contribution < 1.29 is 62.2 Å². The van der Waals surface area contributed by atoms with Gasteiger partial charge >= 0.3 is 20.7 Å². The number of anilines is 4. The molecule has 4 aliphatic rings. The molecule has 3 atom stereocenters. The lowest BCUT2D eigenvalue weighted by Gasteiger charge is -2.39. The highest BCUT2D eigenvalue weighted by atomic mass is 35.5. The maximum absolute atomic E-state index is 14.2. The van der Waals surface area contributed by atoms with Crippen LogP contribution in [0.25, 0.3) is 21.5 Å². The topological polar surface area (TPSA) is 308 Å². The predicted octanol–water partition coefficient (Wildman–Crippen LogP) is 7.79.